The Balaban J connectivity index is 2.64. The molecule has 1 rings (SSSR count). The van der Waals surface area contributed by atoms with Crippen LogP contribution in [0.3, 0.4) is 0 Å². The van der Waals surface area contributed by atoms with Crippen LogP contribution >= 0.6 is 0 Å². The van der Waals surface area contributed by atoms with E-state index in [9.17, 15) is 13.2 Å². The lowest BCUT2D eigenvalue weighted by Crippen LogP contribution is -2.27. The maximum atomic E-state index is 11.9. The normalized spacial score (nSPS) is 13.4. The van der Waals surface area contributed by atoms with E-state index in [1.807, 2.05) is 19.1 Å². The smallest absolute Gasteiger partial charge is 0.413 e. The van der Waals surface area contributed by atoms with Gasteiger partial charge in [-0.2, -0.15) is 18.7 Å². The maximum absolute atomic E-state index is 11.9. The third kappa shape index (κ3) is 4.54. The van der Waals surface area contributed by atoms with E-state index in [0.717, 1.165) is 11.1 Å². The van der Waals surface area contributed by atoms with E-state index in [-0.39, 0.29) is 0 Å². The van der Waals surface area contributed by atoms with Gasteiger partial charge in [-0.25, -0.2) is 0 Å². The standard InChI is InChI=1S/C12H16F3NO2/c1-8-4-5-10(11(6-8)17-3)9(2)16-18-7-12(13,14)15/h4-6,9,16H,7H2,1-3H3. The van der Waals surface area contributed by atoms with Gasteiger partial charge in [-0.3, -0.25) is 4.84 Å². The zero-order valence-electron chi connectivity index (χ0n) is 10.5. The van der Waals surface area contributed by atoms with E-state index in [1.165, 1.54) is 7.11 Å². The Morgan fingerprint density at radius 1 is 1.33 bits per heavy atom. The van der Waals surface area contributed by atoms with Crippen molar-refractivity contribution >= 4 is 0 Å². The summed E-state index contributed by atoms with van der Waals surface area (Å²) in [4.78, 5) is 4.41. The van der Waals surface area contributed by atoms with E-state index in [1.54, 1.807) is 13.0 Å². The average Bonchev–Trinajstić information content (AvgIpc) is 2.26. The van der Waals surface area contributed by atoms with Gasteiger partial charge in [0.25, 0.3) is 0 Å². The van der Waals surface area contributed by atoms with Crippen LogP contribution < -0.4 is 10.2 Å². The van der Waals surface area contributed by atoms with Gasteiger partial charge in [0.2, 0.25) is 0 Å². The third-order valence-corrected chi connectivity index (χ3v) is 2.35. The molecule has 1 aromatic rings. The van der Waals surface area contributed by atoms with Crippen molar-refractivity contribution in [3.8, 4) is 5.75 Å². The molecule has 0 radical (unpaired) electrons. The summed E-state index contributed by atoms with van der Waals surface area (Å²) in [6.07, 6.45) is -4.34. The summed E-state index contributed by atoms with van der Waals surface area (Å²) in [5, 5.41) is 0. The number of hydrogen-bond acceptors (Lipinski definition) is 3. The molecule has 1 unspecified atom stereocenters. The van der Waals surface area contributed by atoms with Gasteiger partial charge in [0.05, 0.1) is 13.2 Å². The summed E-state index contributed by atoms with van der Waals surface area (Å²) < 4.78 is 40.9. The molecule has 102 valence electrons. The molecule has 0 aromatic heterocycles. The average molecular weight is 263 g/mol. The van der Waals surface area contributed by atoms with Crippen LogP contribution in [0.2, 0.25) is 0 Å². The Morgan fingerprint density at radius 2 is 2.00 bits per heavy atom. The van der Waals surface area contributed by atoms with Crippen molar-refractivity contribution in [1.29, 1.82) is 0 Å². The predicted octanol–water partition coefficient (Wildman–Crippen LogP) is 3.15. The maximum Gasteiger partial charge on any atom is 0.413 e. The van der Waals surface area contributed by atoms with Crippen LogP contribution in [0.25, 0.3) is 0 Å². The number of alkyl halides is 3. The van der Waals surface area contributed by atoms with Crippen LogP contribution in [-0.2, 0) is 4.84 Å². The van der Waals surface area contributed by atoms with E-state index >= 15 is 0 Å². The fourth-order valence-electron chi connectivity index (χ4n) is 1.49. The van der Waals surface area contributed by atoms with Crippen molar-refractivity contribution in [2.24, 2.45) is 0 Å². The largest absolute Gasteiger partial charge is 0.496 e. The van der Waals surface area contributed by atoms with Crippen LogP contribution in [0.15, 0.2) is 18.2 Å². The molecule has 0 saturated heterocycles. The van der Waals surface area contributed by atoms with Gasteiger partial charge in [-0.15, -0.1) is 0 Å². The Hall–Kier alpha value is -1.27. The van der Waals surface area contributed by atoms with Gasteiger partial charge >= 0.3 is 6.18 Å². The second-order valence-corrected chi connectivity index (χ2v) is 3.99. The lowest BCUT2D eigenvalue weighted by atomic mass is 10.1. The number of halogens is 3. The number of aryl methyl sites for hydroxylation is 1. The van der Waals surface area contributed by atoms with Gasteiger partial charge in [-0.05, 0) is 25.5 Å². The minimum atomic E-state index is -4.34. The Bertz CT molecular complexity index is 393. The second-order valence-electron chi connectivity index (χ2n) is 3.99. The van der Waals surface area contributed by atoms with E-state index in [2.05, 4.69) is 10.3 Å². The summed E-state index contributed by atoms with van der Waals surface area (Å²) in [5.41, 5.74) is 4.10. The SMILES string of the molecule is COc1cc(C)ccc1C(C)NOCC(F)(F)F. The molecule has 0 aliphatic rings. The fourth-order valence-corrected chi connectivity index (χ4v) is 1.49. The zero-order valence-corrected chi connectivity index (χ0v) is 10.5. The van der Waals surface area contributed by atoms with Gasteiger partial charge < -0.3 is 4.74 Å². The molecule has 0 aliphatic carbocycles. The lowest BCUT2D eigenvalue weighted by Gasteiger charge is -2.18. The van der Waals surface area contributed by atoms with Crippen molar-refractivity contribution in [3.05, 3.63) is 29.3 Å². The second kappa shape index (κ2) is 6.06. The number of rotatable bonds is 5. The van der Waals surface area contributed by atoms with E-state index < -0.39 is 18.8 Å². The van der Waals surface area contributed by atoms with Crippen molar-refractivity contribution in [2.45, 2.75) is 26.1 Å². The fraction of sp³-hybridized carbons (Fsp3) is 0.500. The van der Waals surface area contributed by atoms with Gasteiger partial charge in [0, 0.05) is 5.56 Å². The first-order valence-corrected chi connectivity index (χ1v) is 5.42. The van der Waals surface area contributed by atoms with Crippen LogP contribution in [0.1, 0.15) is 24.1 Å². The molecular formula is C12H16F3NO2. The predicted molar refractivity (Wildman–Crippen MR) is 61.3 cm³/mol. The summed E-state index contributed by atoms with van der Waals surface area (Å²) in [6, 6.07) is 5.07. The molecule has 3 nitrogen and oxygen atoms in total. The molecule has 0 fully saturated rings. The molecule has 0 spiro atoms. The number of hydrogen-bond donors (Lipinski definition) is 1. The number of nitrogens with one attached hydrogen (secondary N) is 1. The monoisotopic (exact) mass is 263 g/mol. The number of methoxy groups -OCH3 is 1. The van der Waals surface area contributed by atoms with Crippen molar-refractivity contribution in [2.75, 3.05) is 13.7 Å². The first-order chi connectivity index (χ1) is 8.33. The molecule has 1 aromatic carbocycles. The molecule has 1 atom stereocenters. The molecular weight excluding hydrogens is 247 g/mol. The first kappa shape index (κ1) is 14.8. The first-order valence-electron chi connectivity index (χ1n) is 5.42. The van der Waals surface area contributed by atoms with Crippen LogP contribution in [0.4, 0.5) is 13.2 Å². The number of ether oxygens (including phenoxy) is 1. The van der Waals surface area contributed by atoms with Crippen LogP contribution in [0.5, 0.6) is 5.75 Å². The minimum Gasteiger partial charge on any atom is -0.496 e. The molecule has 1 N–H and O–H groups in total. The summed E-state index contributed by atoms with van der Waals surface area (Å²) in [6.45, 7) is 2.28. The molecule has 0 bridgehead atoms. The Kier molecular flexibility index (Phi) is 4.98. The minimum absolute atomic E-state index is 0.400. The lowest BCUT2D eigenvalue weighted by molar-refractivity contribution is -0.192. The van der Waals surface area contributed by atoms with Gasteiger partial charge in [0.1, 0.15) is 5.75 Å². The molecule has 0 heterocycles. The Morgan fingerprint density at radius 3 is 2.56 bits per heavy atom. The highest BCUT2D eigenvalue weighted by Gasteiger charge is 2.28. The van der Waals surface area contributed by atoms with Crippen LogP contribution in [-0.4, -0.2) is 19.9 Å². The molecule has 18 heavy (non-hydrogen) atoms. The number of hydroxylamine groups is 1. The molecule has 0 amide bonds. The van der Waals surface area contributed by atoms with Gasteiger partial charge in [-0.1, -0.05) is 12.1 Å². The highest BCUT2D eigenvalue weighted by atomic mass is 19.4. The van der Waals surface area contributed by atoms with Crippen molar-refractivity contribution in [1.82, 2.24) is 5.48 Å². The quantitative estimate of drug-likeness (QED) is 0.828. The molecule has 0 saturated carbocycles. The summed E-state index contributed by atoms with van der Waals surface area (Å²) in [7, 11) is 1.52. The van der Waals surface area contributed by atoms with Crippen molar-refractivity contribution < 1.29 is 22.7 Å². The Labute approximate surface area is 104 Å². The van der Waals surface area contributed by atoms with E-state index in [0.29, 0.717) is 5.75 Å². The van der Waals surface area contributed by atoms with E-state index in [4.69, 9.17) is 4.74 Å². The topological polar surface area (TPSA) is 30.5 Å². The number of benzene rings is 1. The third-order valence-electron chi connectivity index (χ3n) is 2.35. The zero-order chi connectivity index (χ0) is 13.8. The van der Waals surface area contributed by atoms with Crippen molar-refractivity contribution in [3.63, 3.8) is 0 Å². The molecule has 0 aliphatic heterocycles. The van der Waals surface area contributed by atoms with Gasteiger partial charge in [0.15, 0.2) is 6.61 Å². The summed E-state index contributed by atoms with van der Waals surface area (Å²) >= 11 is 0. The van der Waals surface area contributed by atoms with Crippen LogP contribution in [0, 0.1) is 6.92 Å². The highest BCUT2D eigenvalue weighted by Crippen LogP contribution is 2.26. The summed E-state index contributed by atoms with van der Waals surface area (Å²) in [5.74, 6) is 0.616. The molecule has 6 heteroatoms. The highest BCUT2D eigenvalue weighted by molar-refractivity contribution is 5.38.